The summed E-state index contributed by atoms with van der Waals surface area (Å²) in [5.74, 6) is -1.90. The molecule has 1 atom stereocenters. The number of carbonyl (C=O) groups is 1. The number of aromatic carboxylic acids is 1. The highest BCUT2D eigenvalue weighted by molar-refractivity contribution is 5.89. The van der Waals surface area contributed by atoms with E-state index >= 15 is 0 Å². The molecule has 0 bridgehead atoms. The van der Waals surface area contributed by atoms with E-state index in [4.69, 9.17) is 5.11 Å². The molecule has 1 N–H and O–H groups in total. The Bertz CT molecular complexity index is 406. The summed E-state index contributed by atoms with van der Waals surface area (Å²) in [5, 5.41) is 8.77. The van der Waals surface area contributed by atoms with Gasteiger partial charge in [-0.2, -0.15) is 0 Å². The number of carboxylic acid groups (broad SMARTS) is 1. The predicted molar refractivity (Wildman–Crippen MR) is 54.8 cm³/mol. The molecule has 1 aliphatic rings. The summed E-state index contributed by atoms with van der Waals surface area (Å²) in [7, 11) is 0. The van der Waals surface area contributed by atoms with Crippen molar-refractivity contribution in [2.24, 2.45) is 0 Å². The van der Waals surface area contributed by atoms with Crippen LogP contribution in [0, 0.1) is 5.82 Å². The van der Waals surface area contributed by atoms with Crippen molar-refractivity contribution in [3.8, 4) is 0 Å². The molecule has 15 heavy (non-hydrogen) atoms. The van der Waals surface area contributed by atoms with E-state index < -0.39 is 11.8 Å². The van der Waals surface area contributed by atoms with Gasteiger partial charge in [0.1, 0.15) is 5.82 Å². The van der Waals surface area contributed by atoms with E-state index in [1.807, 2.05) is 0 Å². The van der Waals surface area contributed by atoms with Crippen molar-refractivity contribution in [1.82, 2.24) is 0 Å². The fourth-order valence-electron chi connectivity index (χ4n) is 1.76. The summed E-state index contributed by atoms with van der Waals surface area (Å²) in [6.07, 6.45) is 1.10. The number of hydrogen-bond acceptors (Lipinski definition) is 2. The number of benzene rings is 1. The maximum Gasteiger partial charge on any atom is 0.338 e. The normalized spacial score (nSPS) is 19.9. The molecule has 1 aliphatic heterocycles. The Kier molecular flexibility index (Phi) is 2.34. The van der Waals surface area contributed by atoms with Crippen LogP contribution in [-0.2, 0) is 0 Å². The first kappa shape index (κ1) is 9.96. The second-order valence-electron chi connectivity index (χ2n) is 3.80. The zero-order valence-corrected chi connectivity index (χ0v) is 8.40. The van der Waals surface area contributed by atoms with Crippen molar-refractivity contribution in [2.45, 2.75) is 19.4 Å². The molecule has 1 saturated heterocycles. The molecule has 2 rings (SSSR count). The average Bonchev–Trinajstić information content (AvgIpc) is 2.18. The molecule has 1 fully saturated rings. The molecule has 0 spiro atoms. The van der Waals surface area contributed by atoms with Crippen molar-refractivity contribution in [3.63, 3.8) is 0 Å². The summed E-state index contributed by atoms with van der Waals surface area (Å²) in [4.78, 5) is 12.8. The second kappa shape index (κ2) is 3.53. The van der Waals surface area contributed by atoms with E-state index in [2.05, 4.69) is 11.8 Å². The van der Waals surface area contributed by atoms with Crippen molar-refractivity contribution >= 4 is 11.7 Å². The maximum atomic E-state index is 13.1. The SMILES string of the molecule is CC1CCN1c1ccc(F)c(C(=O)O)c1. The van der Waals surface area contributed by atoms with Crippen molar-refractivity contribution in [2.75, 3.05) is 11.4 Å². The molecular weight excluding hydrogens is 197 g/mol. The van der Waals surface area contributed by atoms with Gasteiger partial charge >= 0.3 is 5.97 Å². The summed E-state index contributed by atoms with van der Waals surface area (Å²) < 4.78 is 13.1. The van der Waals surface area contributed by atoms with Crippen molar-refractivity contribution in [1.29, 1.82) is 0 Å². The Morgan fingerprint density at radius 2 is 2.33 bits per heavy atom. The van der Waals surface area contributed by atoms with Crippen LogP contribution in [0.25, 0.3) is 0 Å². The van der Waals surface area contributed by atoms with Crippen LogP contribution >= 0.6 is 0 Å². The molecular formula is C11H12FNO2. The summed E-state index contributed by atoms with van der Waals surface area (Å²) in [6, 6.07) is 4.64. The number of hydrogen-bond donors (Lipinski definition) is 1. The molecule has 0 aliphatic carbocycles. The van der Waals surface area contributed by atoms with E-state index in [9.17, 15) is 9.18 Å². The van der Waals surface area contributed by atoms with E-state index in [1.54, 1.807) is 6.07 Å². The minimum atomic E-state index is -1.22. The lowest BCUT2D eigenvalue weighted by Gasteiger charge is -2.40. The highest BCUT2D eigenvalue weighted by atomic mass is 19.1. The van der Waals surface area contributed by atoms with Crippen LogP contribution in [0.2, 0.25) is 0 Å². The third kappa shape index (κ3) is 1.67. The van der Waals surface area contributed by atoms with Gasteiger partial charge in [0.25, 0.3) is 0 Å². The summed E-state index contributed by atoms with van der Waals surface area (Å²) in [5.41, 5.74) is 0.527. The monoisotopic (exact) mass is 209 g/mol. The van der Waals surface area contributed by atoms with Gasteiger partial charge in [-0.1, -0.05) is 0 Å². The molecule has 0 aromatic heterocycles. The largest absolute Gasteiger partial charge is 0.478 e. The Labute approximate surface area is 87.1 Å². The molecule has 80 valence electrons. The Morgan fingerprint density at radius 3 is 2.80 bits per heavy atom. The number of carboxylic acids is 1. The molecule has 3 nitrogen and oxygen atoms in total. The van der Waals surface area contributed by atoms with Gasteiger partial charge in [0.2, 0.25) is 0 Å². The lowest BCUT2D eigenvalue weighted by Crippen LogP contribution is -2.45. The lowest BCUT2D eigenvalue weighted by atomic mass is 10.0. The van der Waals surface area contributed by atoms with Crippen LogP contribution in [0.1, 0.15) is 23.7 Å². The number of halogens is 1. The van der Waals surface area contributed by atoms with Gasteiger partial charge in [-0.15, -0.1) is 0 Å². The molecule has 0 radical (unpaired) electrons. The maximum absolute atomic E-state index is 13.1. The number of anilines is 1. The first-order valence-electron chi connectivity index (χ1n) is 4.89. The molecule has 1 unspecified atom stereocenters. The predicted octanol–water partition coefficient (Wildman–Crippen LogP) is 2.12. The van der Waals surface area contributed by atoms with Crippen molar-refractivity contribution in [3.05, 3.63) is 29.6 Å². The van der Waals surface area contributed by atoms with Gasteiger partial charge < -0.3 is 10.0 Å². The van der Waals surface area contributed by atoms with Gasteiger partial charge in [-0.3, -0.25) is 0 Å². The third-order valence-electron chi connectivity index (χ3n) is 2.83. The minimum Gasteiger partial charge on any atom is -0.478 e. The lowest BCUT2D eigenvalue weighted by molar-refractivity contribution is 0.0692. The van der Waals surface area contributed by atoms with Gasteiger partial charge in [-0.05, 0) is 31.5 Å². The Morgan fingerprint density at radius 1 is 1.60 bits per heavy atom. The Hall–Kier alpha value is -1.58. The molecule has 4 heteroatoms. The van der Waals surface area contributed by atoms with E-state index in [1.165, 1.54) is 12.1 Å². The zero-order chi connectivity index (χ0) is 11.0. The van der Waals surface area contributed by atoms with Crippen LogP contribution < -0.4 is 4.90 Å². The highest BCUT2D eigenvalue weighted by Gasteiger charge is 2.24. The average molecular weight is 209 g/mol. The van der Waals surface area contributed by atoms with Crippen LogP contribution in [0.3, 0.4) is 0 Å². The molecule has 1 aromatic rings. The van der Waals surface area contributed by atoms with Crippen LogP contribution in [0.5, 0.6) is 0 Å². The van der Waals surface area contributed by atoms with E-state index in [-0.39, 0.29) is 5.56 Å². The first-order chi connectivity index (χ1) is 7.09. The molecule has 1 heterocycles. The van der Waals surface area contributed by atoms with E-state index in [0.29, 0.717) is 6.04 Å². The van der Waals surface area contributed by atoms with Gasteiger partial charge in [-0.25, -0.2) is 9.18 Å². The Balaban J connectivity index is 2.34. The second-order valence-corrected chi connectivity index (χ2v) is 3.80. The standard InChI is InChI=1S/C11H12FNO2/c1-7-4-5-13(7)8-2-3-10(12)9(6-8)11(14)15/h2-3,6-7H,4-5H2,1H3,(H,14,15). The van der Waals surface area contributed by atoms with Gasteiger partial charge in [0.15, 0.2) is 0 Å². The minimum absolute atomic E-state index is 0.258. The summed E-state index contributed by atoms with van der Waals surface area (Å²) in [6.45, 7) is 2.97. The fourth-order valence-corrected chi connectivity index (χ4v) is 1.76. The quantitative estimate of drug-likeness (QED) is 0.811. The van der Waals surface area contributed by atoms with Crippen LogP contribution in [0.15, 0.2) is 18.2 Å². The number of nitrogens with zero attached hydrogens (tertiary/aromatic N) is 1. The third-order valence-corrected chi connectivity index (χ3v) is 2.83. The smallest absolute Gasteiger partial charge is 0.338 e. The van der Waals surface area contributed by atoms with Crippen molar-refractivity contribution < 1.29 is 14.3 Å². The van der Waals surface area contributed by atoms with Crippen LogP contribution in [-0.4, -0.2) is 23.7 Å². The molecule has 0 saturated carbocycles. The van der Waals surface area contributed by atoms with E-state index in [0.717, 1.165) is 18.7 Å². The zero-order valence-electron chi connectivity index (χ0n) is 8.40. The first-order valence-corrected chi connectivity index (χ1v) is 4.89. The summed E-state index contributed by atoms with van der Waals surface area (Å²) >= 11 is 0. The van der Waals surface area contributed by atoms with Gasteiger partial charge in [0, 0.05) is 18.3 Å². The molecule has 0 amide bonds. The topological polar surface area (TPSA) is 40.5 Å². The fraction of sp³-hybridized carbons (Fsp3) is 0.364. The number of rotatable bonds is 2. The highest BCUT2D eigenvalue weighted by Crippen LogP contribution is 2.27. The van der Waals surface area contributed by atoms with Crippen LogP contribution in [0.4, 0.5) is 10.1 Å². The van der Waals surface area contributed by atoms with Gasteiger partial charge in [0.05, 0.1) is 5.56 Å². The molecule has 1 aromatic carbocycles.